The van der Waals surface area contributed by atoms with Crippen LogP contribution in [0.1, 0.15) is 44.2 Å². The Balaban J connectivity index is 1.74. The molecule has 0 aliphatic carbocycles. The molecule has 0 spiro atoms. The third-order valence-electron chi connectivity index (χ3n) is 4.45. The molecule has 0 radical (unpaired) electrons. The normalized spacial score (nSPS) is 23.3. The van der Waals surface area contributed by atoms with Gasteiger partial charge < -0.3 is 5.32 Å². The molecule has 1 aromatic rings. The first-order valence-electron chi connectivity index (χ1n) is 8.32. The molecule has 0 aromatic heterocycles. The summed E-state index contributed by atoms with van der Waals surface area (Å²) in [5, 5.41) is 3.69. The number of thioether (sulfide) groups is 1. The number of nitrogens with one attached hydrogen (secondary N) is 1. The van der Waals surface area contributed by atoms with Gasteiger partial charge in [0.05, 0.1) is 0 Å². The molecule has 118 valence electrons. The van der Waals surface area contributed by atoms with Gasteiger partial charge >= 0.3 is 0 Å². The lowest BCUT2D eigenvalue weighted by Gasteiger charge is -2.39. The molecule has 2 nitrogen and oxygen atoms in total. The van der Waals surface area contributed by atoms with Crippen LogP contribution in [0, 0.1) is 0 Å². The summed E-state index contributed by atoms with van der Waals surface area (Å²) < 4.78 is 0. The number of unbranched alkanes of at least 4 members (excludes halogenated alkanes) is 3. The SMILES string of the molecule is CSCCCCCCN1CC(c2ccccc2)NCC1C. The predicted octanol–water partition coefficient (Wildman–Crippen LogP) is 3.94. The summed E-state index contributed by atoms with van der Waals surface area (Å²) in [5.74, 6) is 1.32. The molecule has 2 atom stereocenters. The lowest BCUT2D eigenvalue weighted by atomic mass is 10.0. The molecule has 1 saturated heterocycles. The van der Waals surface area contributed by atoms with Crippen molar-refractivity contribution in [1.29, 1.82) is 0 Å². The van der Waals surface area contributed by atoms with Gasteiger partial charge in [-0.05, 0) is 43.9 Å². The first-order valence-corrected chi connectivity index (χ1v) is 9.72. The monoisotopic (exact) mass is 306 g/mol. The molecule has 1 aromatic carbocycles. The highest BCUT2D eigenvalue weighted by atomic mass is 32.2. The fourth-order valence-electron chi connectivity index (χ4n) is 3.06. The molecule has 1 fully saturated rings. The summed E-state index contributed by atoms with van der Waals surface area (Å²) in [6.07, 6.45) is 7.70. The molecule has 0 amide bonds. The van der Waals surface area contributed by atoms with E-state index < -0.39 is 0 Å². The van der Waals surface area contributed by atoms with E-state index >= 15 is 0 Å². The first kappa shape index (κ1) is 16.9. The highest BCUT2D eigenvalue weighted by Gasteiger charge is 2.25. The van der Waals surface area contributed by atoms with Crippen LogP contribution in [-0.2, 0) is 0 Å². The summed E-state index contributed by atoms with van der Waals surface area (Å²) in [4.78, 5) is 2.67. The van der Waals surface area contributed by atoms with Crippen LogP contribution >= 0.6 is 11.8 Å². The van der Waals surface area contributed by atoms with Gasteiger partial charge in [-0.2, -0.15) is 11.8 Å². The Bertz CT molecular complexity index is 382. The van der Waals surface area contributed by atoms with Crippen molar-refractivity contribution in [2.75, 3.05) is 31.6 Å². The number of benzene rings is 1. The zero-order valence-electron chi connectivity index (χ0n) is 13.6. The number of hydrogen-bond donors (Lipinski definition) is 1. The van der Waals surface area contributed by atoms with Crippen LogP contribution in [0.25, 0.3) is 0 Å². The minimum absolute atomic E-state index is 0.499. The van der Waals surface area contributed by atoms with E-state index in [1.165, 1.54) is 43.5 Å². The number of rotatable bonds is 8. The second-order valence-electron chi connectivity index (χ2n) is 6.12. The summed E-state index contributed by atoms with van der Waals surface area (Å²) in [7, 11) is 0. The standard InChI is InChI=1S/C18H30N2S/c1-16-14-19-18(17-10-6-5-7-11-17)15-20(16)12-8-3-4-9-13-21-2/h5-7,10-11,16,18-19H,3-4,8-9,12-15H2,1-2H3. The fourth-order valence-corrected chi connectivity index (χ4v) is 3.55. The van der Waals surface area contributed by atoms with Crippen molar-refractivity contribution in [3.63, 3.8) is 0 Å². The largest absolute Gasteiger partial charge is 0.307 e. The van der Waals surface area contributed by atoms with E-state index in [2.05, 4.69) is 53.7 Å². The van der Waals surface area contributed by atoms with Crippen molar-refractivity contribution in [3.8, 4) is 0 Å². The summed E-state index contributed by atoms with van der Waals surface area (Å²) in [6, 6.07) is 12.0. The third kappa shape index (κ3) is 5.65. The van der Waals surface area contributed by atoms with Gasteiger partial charge in [0.25, 0.3) is 0 Å². The van der Waals surface area contributed by atoms with Gasteiger partial charge in [-0.25, -0.2) is 0 Å². The van der Waals surface area contributed by atoms with E-state index in [0.29, 0.717) is 12.1 Å². The molecule has 1 aliphatic heterocycles. The molecule has 1 heterocycles. The topological polar surface area (TPSA) is 15.3 Å². The Hall–Kier alpha value is -0.510. The van der Waals surface area contributed by atoms with Crippen molar-refractivity contribution in [1.82, 2.24) is 10.2 Å². The minimum atomic E-state index is 0.499. The average Bonchev–Trinajstić information content (AvgIpc) is 2.53. The van der Waals surface area contributed by atoms with Crippen LogP contribution in [0.5, 0.6) is 0 Å². The molecule has 2 rings (SSSR count). The molecule has 0 saturated carbocycles. The lowest BCUT2D eigenvalue weighted by molar-refractivity contribution is 0.138. The van der Waals surface area contributed by atoms with Crippen LogP contribution in [-0.4, -0.2) is 42.6 Å². The second-order valence-corrected chi connectivity index (χ2v) is 7.11. The fraction of sp³-hybridized carbons (Fsp3) is 0.667. The lowest BCUT2D eigenvalue weighted by Crippen LogP contribution is -2.51. The maximum atomic E-state index is 3.69. The Labute approximate surface area is 134 Å². The van der Waals surface area contributed by atoms with Crippen LogP contribution in [0.2, 0.25) is 0 Å². The molecule has 2 unspecified atom stereocenters. The Morgan fingerprint density at radius 2 is 1.90 bits per heavy atom. The molecule has 0 bridgehead atoms. The zero-order valence-corrected chi connectivity index (χ0v) is 14.4. The molecule has 21 heavy (non-hydrogen) atoms. The van der Waals surface area contributed by atoms with Gasteiger partial charge in [0.15, 0.2) is 0 Å². The van der Waals surface area contributed by atoms with Gasteiger partial charge in [-0.3, -0.25) is 4.90 Å². The van der Waals surface area contributed by atoms with Crippen molar-refractivity contribution in [2.24, 2.45) is 0 Å². The predicted molar refractivity (Wildman–Crippen MR) is 95.1 cm³/mol. The minimum Gasteiger partial charge on any atom is -0.307 e. The number of piperazine rings is 1. The van der Waals surface area contributed by atoms with E-state index in [1.807, 2.05) is 11.8 Å². The number of nitrogens with zero attached hydrogens (tertiary/aromatic N) is 1. The highest BCUT2D eigenvalue weighted by molar-refractivity contribution is 7.98. The van der Waals surface area contributed by atoms with E-state index in [9.17, 15) is 0 Å². The Morgan fingerprint density at radius 1 is 1.14 bits per heavy atom. The van der Waals surface area contributed by atoms with Crippen molar-refractivity contribution < 1.29 is 0 Å². The number of hydrogen-bond acceptors (Lipinski definition) is 3. The first-order chi connectivity index (χ1) is 10.3. The van der Waals surface area contributed by atoms with Gasteiger partial charge in [-0.15, -0.1) is 0 Å². The maximum Gasteiger partial charge on any atom is 0.0449 e. The maximum absolute atomic E-state index is 3.69. The summed E-state index contributed by atoms with van der Waals surface area (Å²) in [5.41, 5.74) is 1.43. The van der Waals surface area contributed by atoms with Crippen LogP contribution in [0.15, 0.2) is 30.3 Å². The molecule has 3 heteroatoms. The molecular formula is C18H30N2S. The zero-order chi connectivity index (χ0) is 14.9. The van der Waals surface area contributed by atoms with Gasteiger partial charge in [0.2, 0.25) is 0 Å². The second kappa shape index (κ2) is 9.50. The van der Waals surface area contributed by atoms with Crippen LogP contribution < -0.4 is 5.32 Å². The van der Waals surface area contributed by atoms with E-state index in [1.54, 1.807) is 0 Å². The quantitative estimate of drug-likeness (QED) is 0.732. The van der Waals surface area contributed by atoms with Crippen molar-refractivity contribution in [3.05, 3.63) is 35.9 Å². The van der Waals surface area contributed by atoms with E-state index in [-0.39, 0.29) is 0 Å². The summed E-state index contributed by atoms with van der Waals surface area (Å²) >= 11 is 1.97. The van der Waals surface area contributed by atoms with E-state index in [4.69, 9.17) is 0 Å². The van der Waals surface area contributed by atoms with Gasteiger partial charge in [-0.1, -0.05) is 43.2 Å². The summed E-state index contributed by atoms with van der Waals surface area (Å²) in [6.45, 7) is 5.86. The van der Waals surface area contributed by atoms with Crippen molar-refractivity contribution in [2.45, 2.75) is 44.7 Å². The molecule has 1 aliphatic rings. The van der Waals surface area contributed by atoms with Crippen LogP contribution in [0.4, 0.5) is 0 Å². The smallest absolute Gasteiger partial charge is 0.0449 e. The average molecular weight is 307 g/mol. The highest BCUT2D eigenvalue weighted by Crippen LogP contribution is 2.20. The molecular weight excluding hydrogens is 276 g/mol. The molecule has 1 N–H and O–H groups in total. The van der Waals surface area contributed by atoms with Crippen LogP contribution in [0.3, 0.4) is 0 Å². The van der Waals surface area contributed by atoms with E-state index in [0.717, 1.165) is 13.1 Å². The Morgan fingerprint density at radius 3 is 2.67 bits per heavy atom. The third-order valence-corrected chi connectivity index (χ3v) is 5.14. The van der Waals surface area contributed by atoms with Gasteiger partial charge in [0, 0.05) is 25.2 Å². The van der Waals surface area contributed by atoms with Crippen molar-refractivity contribution >= 4 is 11.8 Å². The Kier molecular flexibility index (Phi) is 7.62. The van der Waals surface area contributed by atoms with Gasteiger partial charge in [0.1, 0.15) is 0 Å².